The summed E-state index contributed by atoms with van der Waals surface area (Å²) in [5, 5.41) is 0. The van der Waals surface area contributed by atoms with E-state index in [0.717, 1.165) is 70.3 Å². The Balaban J connectivity index is 1.31. The quantitative estimate of drug-likeness (QED) is 0.603. The predicted molar refractivity (Wildman–Crippen MR) is 122 cm³/mol. The molecule has 32 heavy (non-hydrogen) atoms. The normalized spacial score (nSPS) is 23.6. The summed E-state index contributed by atoms with van der Waals surface area (Å²) in [6.45, 7) is 7.51. The van der Waals surface area contributed by atoms with Crippen molar-refractivity contribution in [2.45, 2.75) is 31.2 Å². The summed E-state index contributed by atoms with van der Waals surface area (Å²) in [5.41, 5.74) is 3.66. The van der Waals surface area contributed by atoms with Crippen molar-refractivity contribution in [2.75, 3.05) is 59.7 Å². The van der Waals surface area contributed by atoms with Crippen LogP contribution in [0, 0.1) is 5.82 Å². The zero-order chi connectivity index (χ0) is 21.9. The van der Waals surface area contributed by atoms with Crippen molar-refractivity contribution in [1.29, 1.82) is 0 Å². The Hall–Kier alpha value is -2.15. The highest BCUT2D eigenvalue weighted by molar-refractivity contribution is 5.47. The number of morpholine rings is 1. The van der Waals surface area contributed by atoms with Crippen molar-refractivity contribution < 1.29 is 18.6 Å². The van der Waals surface area contributed by atoms with Gasteiger partial charge >= 0.3 is 0 Å². The molecule has 0 amide bonds. The summed E-state index contributed by atoms with van der Waals surface area (Å²) in [5.74, 6) is 1.11. The van der Waals surface area contributed by atoms with Gasteiger partial charge in [-0.1, -0.05) is 12.1 Å². The standard InChI is InChI=1S/C26H33FN2O3/c1-30-26-8-5-19(16-24(26)27)23-18-29-10-2-4-25(29)22-17-20(6-7-21(22)23)32-13-3-9-28-11-14-31-15-12-28/h5-8,16-17,23,25H,2-4,9-15,18H2,1H3. The molecule has 5 rings (SSSR count). The van der Waals surface area contributed by atoms with Gasteiger partial charge in [0.15, 0.2) is 11.6 Å². The zero-order valence-corrected chi connectivity index (χ0v) is 18.9. The minimum absolute atomic E-state index is 0.162. The van der Waals surface area contributed by atoms with E-state index in [1.165, 1.54) is 31.1 Å². The molecule has 0 bridgehead atoms. The molecule has 2 unspecified atom stereocenters. The monoisotopic (exact) mass is 440 g/mol. The Morgan fingerprint density at radius 1 is 1.06 bits per heavy atom. The number of methoxy groups -OCH3 is 1. The molecule has 0 spiro atoms. The van der Waals surface area contributed by atoms with E-state index in [1.807, 2.05) is 6.07 Å². The molecule has 2 atom stereocenters. The predicted octanol–water partition coefficient (Wildman–Crippen LogP) is 4.22. The van der Waals surface area contributed by atoms with Gasteiger partial charge < -0.3 is 14.2 Å². The number of ether oxygens (including phenoxy) is 3. The van der Waals surface area contributed by atoms with Gasteiger partial charge in [-0.25, -0.2) is 4.39 Å². The zero-order valence-electron chi connectivity index (χ0n) is 18.9. The second-order valence-electron chi connectivity index (χ2n) is 9.05. The first kappa shape index (κ1) is 21.7. The van der Waals surface area contributed by atoms with Crippen LogP contribution in [0.2, 0.25) is 0 Å². The molecule has 3 heterocycles. The van der Waals surface area contributed by atoms with E-state index in [4.69, 9.17) is 14.2 Å². The van der Waals surface area contributed by atoms with Crippen molar-refractivity contribution in [1.82, 2.24) is 9.80 Å². The highest BCUT2D eigenvalue weighted by Gasteiger charge is 2.37. The largest absolute Gasteiger partial charge is 0.494 e. The molecule has 5 nitrogen and oxygen atoms in total. The summed E-state index contributed by atoms with van der Waals surface area (Å²) in [4.78, 5) is 4.99. The van der Waals surface area contributed by atoms with E-state index in [9.17, 15) is 4.39 Å². The fourth-order valence-corrected chi connectivity index (χ4v) is 5.47. The molecule has 3 aliphatic rings. The summed E-state index contributed by atoms with van der Waals surface area (Å²) in [6, 6.07) is 12.4. The summed E-state index contributed by atoms with van der Waals surface area (Å²) >= 11 is 0. The van der Waals surface area contributed by atoms with Gasteiger partial charge in [-0.2, -0.15) is 0 Å². The van der Waals surface area contributed by atoms with E-state index in [2.05, 4.69) is 28.0 Å². The van der Waals surface area contributed by atoms with Crippen molar-refractivity contribution in [3.05, 3.63) is 58.9 Å². The van der Waals surface area contributed by atoms with Crippen LogP contribution in [-0.4, -0.2) is 69.5 Å². The number of benzene rings is 2. The summed E-state index contributed by atoms with van der Waals surface area (Å²) < 4.78 is 31.1. The Morgan fingerprint density at radius 2 is 1.94 bits per heavy atom. The maximum absolute atomic E-state index is 14.5. The fourth-order valence-electron chi connectivity index (χ4n) is 5.47. The molecule has 0 saturated carbocycles. The lowest BCUT2D eigenvalue weighted by Gasteiger charge is -2.37. The lowest BCUT2D eigenvalue weighted by Crippen LogP contribution is -2.37. The van der Waals surface area contributed by atoms with Crippen LogP contribution in [0.3, 0.4) is 0 Å². The lowest BCUT2D eigenvalue weighted by molar-refractivity contribution is 0.0358. The van der Waals surface area contributed by atoms with Crippen molar-refractivity contribution in [3.63, 3.8) is 0 Å². The number of fused-ring (bicyclic) bond motifs is 3. The topological polar surface area (TPSA) is 34.2 Å². The molecule has 2 saturated heterocycles. The van der Waals surface area contributed by atoms with Gasteiger partial charge in [0.25, 0.3) is 0 Å². The minimum atomic E-state index is -0.296. The van der Waals surface area contributed by atoms with E-state index in [0.29, 0.717) is 11.8 Å². The lowest BCUT2D eigenvalue weighted by atomic mass is 9.81. The number of nitrogens with zero attached hydrogens (tertiary/aromatic N) is 2. The summed E-state index contributed by atoms with van der Waals surface area (Å²) in [7, 11) is 1.51. The van der Waals surface area contributed by atoms with E-state index in [1.54, 1.807) is 12.1 Å². The van der Waals surface area contributed by atoms with Crippen LogP contribution in [0.5, 0.6) is 11.5 Å². The maximum Gasteiger partial charge on any atom is 0.165 e. The number of hydrogen-bond acceptors (Lipinski definition) is 5. The Bertz CT molecular complexity index is 931. The van der Waals surface area contributed by atoms with Crippen molar-refractivity contribution in [2.24, 2.45) is 0 Å². The molecule has 0 N–H and O–H groups in total. The second kappa shape index (κ2) is 9.77. The molecule has 3 aliphatic heterocycles. The molecule has 2 aromatic rings. The first-order valence-electron chi connectivity index (χ1n) is 11.9. The molecule has 6 heteroatoms. The van der Waals surface area contributed by atoms with Crippen molar-refractivity contribution >= 4 is 0 Å². The van der Waals surface area contributed by atoms with Crippen molar-refractivity contribution in [3.8, 4) is 11.5 Å². The highest BCUT2D eigenvalue weighted by atomic mass is 19.1. The van der Waals surface area contributed by atoms with Crippen LogP contribution in [0.4, 0.5) is 4.39 Å². The van der Waals surface area contributed by atoms with E-state index < -0.39 is 0 Å². The van der Waals surface area contributed by atoms with Gasteiger partial charge in [0, 0.05) is 38.1 Å². The molecule has 0 aliphatic carbocycles. The van der Waals surface area contributed by atoms with Gasteiger partial charge in [0.05, 0.1) is 26.9 Å². The third-order valence-electron chi connectivity index (χ3n) is 7.14. The molecule has 0 radical (unpaired) electrons. The molecule has 172 valence electrons. The first-order valence-corrected chi connectivity index (χ1v) is 11.9. The van der Waals surface area contributed by atoms with Crippen LogP contribution in [0.15, 0.2) is 36.4 Å². The smallest absolute Gasteiger partial charge is 0.165 e. The van der Waals surface area contributed by atoms with Crippen LogP contribution in [0.1, 0.15) is 47.9 Å². The van der Waals surface area contributed by atoms with Gasteiger partial charge in [-0.15, -0.1) is 0 Å². The molecular formula is C26H33FN2O3. The van der Waals surface area contributed by atoms with Crippen LogP contribution in [0.25, 0.3) is 0 Å². The SMILES string of the molecule is COc1ccc(C2CN3CCCC3c3cc(OCCCN4CCOCC4)ccc32)cc1F. The van der Waals surface area contributed by atoms with Crippen LogP contribution in [-0.2, 0) is 4.74 Å². The third-order valence-corrected chi connectivity index (χ3v) is 7.14. The second-order valence-corrected chi connectivity index (χ2v) is 9.05. The third kappa shape index (κ3) is 4.49. The Labute approximate surface area is 190 Å². The van der Waals surface area contributed by atoms with Gasteiger partial charge in [0.2, 0.25) is 0 Å². The summed E-state index contributed by atoms with van der Waals surface area (Å²) in [6.07, 6.45) is 3.40. The Kier molecular flexibility index (Phi) is 6.62. The Morgan fingerprint density at radius 3 is 2.75 bits per heavy atom. The van der Waals surface area contributed by atoms with Crippen LogP contribution < -0.4 is 9.47 Å². The highest BCUT2D eigenvalue weighted by Crippen LogP contribution is 2.45. The minimum Gasteiger partial charge on any atom is -0.494 e. The average molecular weight is 441 g/mol. The average Bonchev–Trinajstić information content (AvgIpc) is 3.31. The molecule has 0 aromatic heterocycles. The van der Waals surface area contributed by atoms with E-state index >= 15 is 0 Å². The molecule has 2 aromatic carbocycles. The van der Waals surface area contributed by atoms with Gasteiger partial charge in [-0.05, 0) is 66.8 Å². The number of rotatable bonds is 7. The fraction of sp³-hybridized carbons (Fsp3) is 0.538. The number of hydrogen-bond donors (Lipinski definition) is 0. The van der Waals surface area contributed by atoms with Crippen LogP contribution >= 0.6 is 0 Å². The van der Waals surface area contributed by atoms with Gasteiger partial charge in [0.1, 0.15) is 5.75 Å². The van der Waals surface area contributed by atoms with Gasteiger partial charge in [-0.3, -0.25) is 9.80 Å². The molecular weight excluding hydrogens is 407 g/mol. The maximum atomic E-state index is 14.5. The number of halogens is 1. The van der Waals surface area contributed by atoms with E-state index in [-0.39, 0.29) is 11.7 Å². The molecule has 2 fully saturated rings. The first-order chi connectivity index (χ1) is 15.7.